The molecule has 0 aliphatic heterocycles. The third-order valence-electron chi connectivity index (χ3n) is 1.54. The van der Waals surface area contributed by atoms with Gasteiger partial charge in [-0.05, 0) is 6.07 Å². The van der Waals surface area contributed by atoms with Gasteiger partial charge >= 0.3 is 0 Å². The van der Waals surface area contributed by atoms with Gasteiger partial charge < -0.3 is 0 Å². The summed E-state index contributed by atoms with van der Waals surface area (Å²) in [4.78, 5) is 20.7. The van der Waals surface area contributed by atoms with E-state index in [2.05, 4.69) is 12.6 Å². The van der Waals surface area contributed by atoms with E-state index >= 15 is 0 Å². The van der Waals surface area contributed by atoms with Crippen LogP contribution in [0.15, 0.2) is 24.3 Å². The van der Waals surface area contributed by atoms with Crippen molar-refractivity contribution in [1.82, 2.24) is 0 Å². The fourth-order valence-electron chi connectivity index (χ4n) is 0.925. The molecule has 0 radical (unpaired) electrons. The Morgan fingerprint density at radius 2 is 2.07 bits per heavy atom. The van der Waals surface area contributed by atoms with Crippen molar-refractivity contribution < 1.29 is 9.72 Å². The van der Waals surface area contributed by atoms with Gasteiger partial charge in [0.25, 0.3) is 10.9 Å². The van der Waals surface area contributed by atoms with Crippen molar-refractivity contribution in [2.75, 3.05) is 5.01 Å². The van der Waals surface area contributed by atoms with E-state index in [0.29, 0.717) is 5.01 Å². The number of para-hydroxylation sites is 2. The molecule has 6 nitrogen and oxygen atoms in total. The van der Waals surface area contributed by atoms with Gasteiger partial charge in [0.05, 0.1) is 4.92 Å². The predicted molar refractivity (Wildman–Crippen MR) is 54.1 cm³/mol. The zero-order valence-electron chi connectivity index (χ0n) is 6.95. The minimum atomic E-state index is -0.765. The first-order valence-corrected chi connectivity index (χ1v) is 4.00. The summed E-state index contributed by atoms with van der Waals surface area (Å²) < 4.78 is 0. The number of nitrogens with two attached hydrogens (primary N) is 1. The summed E-state index contributed by atoms with van der Waals surface area (Å²) in [5.74, 6) is 5.28. The topological polar surface area (TPSA) is 89.5 Å². The number of benzene rings is 1. The number of amides is 1. The number of hydrazine groups is 1. The molecule has 74 valence electrons. The van der Waals surface area contributed by atoms with Crippen LogP contribution in [0.5, 0.6) is 0 Å². The Bertz CT molecular complexity index is 382. The molecular formula is C7H7N3O3S. The first-order chi connectivity index (χ1) is 6.54. The Hall–Kier alpha value is -1.60. The Kier molecular flexibility index (Phi) is 3.05. The first kappa shape index (κ1) is 10.5. The summed E-state index contributed by atoms with van der Waals surface area (Å²) in [7, 11) is 0. The van der Waals surface area contributed by atoms with E-state index in [9.17, 15) is 14.9 Å². The lowest BCUT2D eigenvalue weighted by Gasteiger charge is -2.12. The highest BCUT2D eigenvalue weighted by Crippen LogP contribution is 2.26. The summed E-state index contributed by atoms with van der Waals surface area (Å²) in [6.07, 6.45) is 0. The van der Waals surface area contributed by atoms with E-state index in [-0.39, 0.29) is 11.4 Å². The van der Waals surface area contributed by atoms with Crippen molar-refractivity contribution in [2.24, 2.45) is 5.84 Å². The van der Waals surface area contributed by atoms with E-state index in [4.69, 9.17) is 5.84 Å². The number of anilines is 1. The van der Waals surface area contributed by atoms with Crippen LogP contribution in [0.2, 0.25) is 0 Å². The van der Waals surface area contributed by atoms with Crippen LogP contribution in [0.4, 0.5) is 16.2 Å². The van der Waals surface area contributed by atoms with Crippen LogP contribution in [0.3, 0.4) is 0 Å². The molecule has 1 aromatic rings. The molecule has 0 aliphatic rings. The normalized spacial score (nSPS) is 9.57. The van der Waals surface area contributed by atoms with Gasteiger partial charge in [-0.25, -0.2) is 10.9 Å². The number of hydrogen-bond acceptors (Lipinski definition) is 4. The standard InChI is InChI=1S/C7H7N3O3S/c8-9(7(11)14)5-3-1-2-4-6(5)10(12)13/h1-4H,8H2,(H,11,14). The van der Waals surface area contributed by atoms with Crippen molar-refractivity contribution in [3.63, 3.8) is 0 Å². The monoisotopic (exact) mass is 213 g/mol. The molecule has 0 saturated carbocycles. The minimum absolute atomic E-state index is 0.0116. The average Bonchev–Trinajstić information content (AvgIpc) is 2.16. The van der Waals surface area contributed by atoms with Crippen molar-refractivity contribution in [1.29, 1.82) is 0 Å². The maximum atomic E-state index is 10.8. The lowest BCUT2D eigenvalue weighted by atomic mass is 10.2. The van der Waals surface area contributed by atoms with Gasteiger partial charge in [-0.1, -0.05) is 24.8 Å². The second-order valence-corrected chi connectivity index (χ2v) is 2.78. The van der Waals surface area contributed by atoms with Gasteiger partial charge in [-0.3, -0.25) is 14.9 Å². The second-order valence-electron chi connectivity index (χ2n) is 2.40. The van der Waals surface area contributed by atoms with Crippen molar-refractivity contribution in [3.8, 4) is 0 Å². The smallest absolute Gasteiger partial charge is 0.260 e. The third kappa shape index (κ3) is 2.01. The molecule has 0 fully saturated rings. The Morgan fingerprint density at radius 1 is 1.50 bits per heavy atom. The van der Waals surface area contributed by atoms with E-state index in [0.717, 1.165) is 0 Å². The van der Waals surface area contributed by atoms with Gasteiger partial charge in [0.1, 0.15) is 5.69 Å². The molecule has 0 bridgehead atoms. The van der Waals surface area contributed by atoms with Crippen LogP contribution in [0.1, 0.15) is 0 Å². The predicted octanol–water partition coefficient (Wildman–Crippen LogP) is 1.32. The molecule has 0 heterocycles. The molecule has 1 rings (SSSR count). The number of carbonyl (C=O) groups is 1. The number of carbonyl (C=O) groups excluding carboxylic acids is 1. The molecule has 14 heavy (non-hydrogen) atoms. The minimum Gasteiger partial charge on any atom is -0.260 e. The highest BCUT2D eigenvalue weighted by atomic mass is 32.1. The maximum absolute atomic E-state index is 10.8. The summed E-state index contributed by atoms with van der Waals surface area (Å²) in [6, 6.07) is 5.65. The molecular weight excluding hydrogens is 206 g/mol. The number of nitro groups is 1. The number of thiol groups is 1. The SMILES string of the molecule is NN(C(=O)S)c1ccccc1[N+](=O)[O-]. The molecule has 1 aromatic carbocycles. The highest BCUT2D eigenvalue weighted by Gasteiger charge is 2.19. The zero-order chi connectivity index (χ0) is 10.7. The summed E-state index contributed by atoms with van der Waals surface area (Å²) in [5, 5.41) is 10.4. The van der Waals surface area contributed by atoms with Gasteiger partial charge in [0.15, 0.2) is 0 Å². The molecule has 0 saturated heterocycles. The van der Waals surface area contributed by atoms with E-state index in [1.807, 2.05) is 0 Å². The molecule has 0 spiro atoms. The number of hydrogen-bond donors (Lipinski definition) is 2. The van der Waals surface area contributed by atoms with E-state index < -0.39 is 10.2 Å². The molecule has 2 N–H and O–H groups in total. The Labute approximate surface area is 84.8 Å². The fourth-order valence-corrected chi connectivity index (χ4v) is 1.03. The quantitative estimate of drug-likeness (QED) is 0.255. The van der Waals surface area contributed by atoms with Crippen molar-refractivity contribution in [2.45, 2.75) is 0 Å². The molecule has 0 atom stereocenters. The second kappa shape index (κ2) is 4.07. The van der Waals surface area contributed by atoms with Crippen molar-refractivity contribution >= 4 is 29.2 Å². The van der Waals surface area contributed by atoms with Crippen LogP contribution in [0, 0.1) is 10.1 Å². The molecule has 0 unspecified atom stereocenters. The highest BCUT2D eigenvalue weighted by molar-refractivity contribution is 7.96. The Balaban J connectivity index is 3.19. The number of nitrogens with zero attached hydrogens (tertiary/aromatic N) is 2. The van der Waals surface area contributed by atoms with Gasteiger partial charge in [0, 0.05) is 6.07 Å². The van der Waals surface area contributed by atoms with Crippen LogP contribution in [-0.2, 0) is 0 Å². The molecule has 1 amide bonds. The lowest BCUT2D eigenvalue weighted by molar-refractivity contribution is -0.384. The third-order valence-corrected chi connectivity index (χ3v) is 1.76. The number of nitro benzene ring substituents is 1. The van der Waals surface area contributed by atoms with Crippen LogP contribution >= 0.6 is 12.6 Å². The lowest BCUT2D eigenvalue weighted by Crippen LogP contribution is -2.33. The molecule has 7 heteroatoms. The van der Waals surface area contributed by atoms with Gasteiger partial charge in [0.2, 0.25) is 0 Å². The van der Waals surface area contributed by atoms with Gasteiger partial charge in [-0.15, -0.1) is 0 Å². The number of rotatable bonds is 2. The average molecular weight is 213 g/mol. The van der Waals surface area contributed by atoms with Crippen LogP contribution in [0.25, 0.3) is 0 Å². The van der Waals surface area contributed by atoms with Crippen LogP contribution < -0.4 is 10.9 Å². The first-order valence-electron chi connectivity index (χ1n) is 3.55. The van der Waals surface area contributed by atoms with E-state index in [1.165, 1.54) is 18.2 Å². The van der Waals surface area contributed by atoms with Crippen molar-refractivity contribution in [3.05, 3.63) is 34.4 Å². The summed E-state index contributed by atoms with van der Waals surface area (Å²) in [6.45, 7) is 0. The maximum Gasteiger partial charge on any atom is 0.297 e. The largest absolute Gasteiger partial charge is 0.297 e. The van der Waals surface area contributed by atoms with Gasteiger partial charge in [-0.2, -0.15) is 0 Å². The summed E-state index contributed by atoms with van der Waals surface area (Å²) in [5.41, 5.74) is -0.227. The van der Waals surface area contributed by atoms with Crippen LogP contribution in [-0.4, -0.2) is 10.2 Å². The zero-order valence-corrected chi connectivity index (χ0v) is 7.85. The Morgan fingerprint density at radius 3 is 2.57 bits per heavy atom. The molecule has 0 aromatic heterocycles. The van der Waals surface area contributed by atoms with E-state index in [1.54, 1.807) is 6.07 Å². The summed E-state index contributed by atoms with van der Waals surface area (Å²) >= 11 is 3.46. The fraction of sp³-hybridized carbons (Fsp3) is 0. The molecule has 0 aliphatic carbocycles.